The summed E-state index contributed by atoms with van der Waals surface area (Å²) in [5.41, 5.74) is 0.0895. The summed E-state index contributed by atoms with van der Waals surface area (Å²) in [5.74, 6) is 0.105. The van der Waals surface area contributed by atoms with Gasteiger partial charge in [0.1, 0.15) is 0 Å². The topological polar surface area (TPSA) is 46.6 Å². The number of likely N-dealkylation sites (tertiary alicyclic amines) is 1. The molecule has 4 heteroatoms. The molecule has 21 heavy (non-hydrogen) atoms. The maximum Gasteiger partial charge on any atom is 0.310 e. The molecule has 2 aliphatic rings. The highest BCUT2D eigenvalue weighted by Crippen LogP contribution is 2.41. The fourth-order valence-corrected chi connectivity index (χ4v) is 3.80. The molecular weight excluding hydrogens is 266 g/mol. The van der Waals surface area contributed by atoms with Crippen molar-refractivity contribution >= 4 is 11.9 Å². The monoisotopic (exact) mass is 295 g/mol. The van der Waals surface area contributed by atoms with Crippen molar-refractivity contribution in [3.63, 3.8) is 0 Å². The minimum atomic E-state index is -0.141. The van der Waals surface area contributed by atoms with Crippen molar-refractivity contribution in [3.8, 4) is 0 Å². The smallest absolute Gasteiger partial charge is 0.310 e. The van der Waals surface area contributed by atoms with Gasteiger partial charge in [-0.25, -0.2) is 0 Å². The van der Waals surface area contributed by atoms with Gasteiger partial charge in [-0.15, -0.1) is 0 Å². The second-order valence-electron chi connectivity index (χ2n) is 7.16. The number of rotatable bonds is 3. The first kappa shape index (κ1) is 16.3. The number of carbonyl (C=O) groups is 2. The van der Waals surface area contributed by atoms with Crippen LogP contribution in [0.3, 0.4) is 0 Å². The number of esters is 1. The van der Waals surface area contributed by atoms with Crippen LogP contribution in [0.2, 0.25) is 0 Å². The van der Waals surface area contributed by atoms with Crippen LogP contribution in [0.4, 0.5) is 0 Å². The van der Waals surface area contributed by atoms with Crippen molar-refractivity contribution < 1.29 is 14.3 Å². The normalized spacial score (nSPS) is 29.0. The Morgan fingerprint density at radius 2 is 1.95 bits per heavy atom. The van der Waals surface area contributed by atoms with E-state index in [-0.39, 0.29) is 29.1 Å². The van der Waals surface area contributed by atoms with Crippen LogP contribution in [0.1, 0.15) is 59.3 Å². The summed E-state index contributed by atoms with van der Waals surface area (Å²) in [6.07, 6.45) is 6.24. The zero-order chi connectivity index (χ0) is 15.5. The molecule has 0 radical (unpaired) electrons. The summed E-state index contributed by atoms with van der Waals surface area (Å²) < 4.78 is 5.12. The third-order valence-electron chi connectivity index (χ3n) is 5.16. The van der Waals surface area contributed by atoms with Gasteiger partial charge in [-0.2, -0.15) is 0 Å². The zero-order valence-corrected chi connectivity index (χ0v) is 13.7. The van der Waals surface area contributed by atoms with Crippen molar-refractivity contribution in [2.75, 3.05) is 19.7 Å². The molecule has 1 unspecified atom stereocenters. The Bertz CT molecular complexity index is 391. The lowest BCUT2D eigenvalue weighted by Gasteiger charge is -2.42. The van der Waals surface area contributed by atoms with Gasteiger partial charge in [0.05, 0.1) is 12.5 Å². The van der Waals surface area contributed by atoms with E-state index in [0.717, 1.165) is 38.6 Å². The van der Waals surface area contributed by atoms with Gasteiger partial charge in [0, 0.05) is 19.0 Å². The van der Waals surface area contributed by atoms with Crippen LogP contribution in [-0.4, -0.2) is 36.5 Å². The molecule has 0 aromatic carbocycles. The van der Waals surface area contributed by atoms with Crippen LogP contribution in [0.25, 0.3) is 0 Å². The van der Waals surface area contributed by atoms with Crippen LogP contribution in [-0.2, 0) is 14.3 Å². The van der Waals surface area contributed by atoms with E-state index in [9.17, 15) is 9.59 Å². The van der Waals surface area contributed by atoms with Crippen molar-refractivity contribution in [2.24, 2.45) is 17.3 Å². The molecule has 2 rings (SSSR count). The molecule has 0 bridgehead atoms. The summed E-state index contributed by atoms with van der Waals surface area (Å²) in [4.78, 5) is 26.7. The number of amides is 1. The Morgan fingerprint density at radius 1 is 1.19 bits per heavy atom. The van der Waals surface area contributed by atoms with E-state index >= 15 is 0 Å². The lowest BCUT2D eigenvalue weighted by molar-refractivity contribution is -0.153. The van der Waals surface area contributed by atoms with Gasteiger partial charge in [-0.05, 0) is 38.0 Å². The van der Waals surface area contributed by atoms with Gasteiger partial charge < -0.3 is 9.64 Å². The lowest BCUT2D eigenvalue weighted by atomic mass is 9.68. The molecule has 0 spiro atoms. The second-order valence-corrected chi connectivity index (χ2v) is 7.16. The molecule has 4 nitrogen and oxygen atoms in total. The first-order chi connectivity index (χ1) is 9.95. The minimum absolute atomic E-state index is 0.0895. The number of ether oxygens (including phenoxy) is 1. The maximum absolute atomic E-state index is 12.9. The predicted octanol–water partition coefficient (Wildman–Crippen LogP) is 3.00. The number of hydrogen-bond donors (Lipinski definition) is 0. The fourth-order valence-electron chi connectivity index (χ4n) is 3.80. The lowest BCUT2D eigenvalue weighted by Crippen LogP contribution is -2.48. The van der Waals surface area contributed by atoms with Gasteiger partial charge in [0.25, 0.3) is 0 Å². The van der Waals surface area contributed by atoms with Crippen LogP contribution < -0.4 is 0 Å². The third kappa shape index (κ3) is 3.78. The van der Waals surface area contributed by atoms with Crippen LogP contribution in [0, 0.1) is 17.3 Å². The average molecular weight is 295 g/mol. The largest absolute Gasteiger partial charge is 0.466 e. The van der Waals surface area contributed by atoms with E-state index in [1.165, 1.54) is 6.42 Å². The van der Waals surface area contributed by atoms with Gasteiger partial charge >= 0.3 is 5.97 Å². The predicted molar refractivity (Wildman–Crippen MR) is 81.7 cm³/mol. The molecule has 0 aromatic heterocycles. The van der Waals surface area contributed by atoms with Crippen molar-refractivity contribution in [3.05, 3.63) is 0 Å². The van der Waals surface area contributed by atoms with E-state index < -0.39 is 0 Å². The Hall–Kier alpha value is -1.06. The number of nitrogens with zero attached hydrogens (tertiary/aromatic N) is 1. The summed E-state index contributed by atoms with van der Waals surface area (Å²) in [5, 5.41) is 0. The highest BCUT2D eigenvalue weighted by Gasteiger charge is 2.40. The standard InChI is InChI=1S/C17H29NO3/c1-4-21-16(20)13-8-7-11-18(12-13)15(19)14-9-5-6-10-17(14,2)3/h13-14H,4-12H2,1-3H3/t13-,14?/m0/s1. The molecule has 1 heterocycles. The molecule has 0 aromatic rings. The van der Waals surface area contributed by atoms with Crippen LogP contribution >= 0.6 is 0 Å². The van der Waals surface area contributed by atoms with E-state index in [1.807, 2.05) is 11.8 Å². The van der Waals surface area contributed by atoms with Gasteiger partial charge in [-0.3, -0.25) is 9.59 Å². The third-order valence-corrected chi connectivity index (χ3v) is 5.16. The number of piperidine rings is 1. The molecular formula is C17H29NO3. The molecule has 2 atom stereocenters. The van der Waals surface area contributed by atoms with E-state index in [2.05, 4.69) is 13.8 Å². The summed E-state index contributed by atoms with van der Waals surface area (Å²) in [6.45, 7) is 8.00. The quantitative estimate of drug-likeness (QED) is 0.752. The van der Waals surface area contributed by atoms with Crippen molar-refractivity contribution in [2.45, 2.75) is 59.3 Å². The second kappa shape index (κ2) is 6.80. The highest BCUT2D eigenvalue weighted by molar-refractivity contribution is 5.81. The van der Waals surface area contributed by atoms with Crippen LogP contribution in [0.5, 0.6) is 0 Å². The molecule has 120 valence electrons. The Labute approximate surface area is 128 Å². The molecule has 1 saturated carbocycles. The molecule has 0 N–H and O–H groups in total. The SMILES string of the molecule is CCOC(=O)[C@H]1CCCN(C(=O)C2CCCCC2(C)C)C1. The zero-order valence-electron chi connectivity index (χ0n) is 13.7. The van der Waals surface area contributed by atoms with Crippen molar-refractivity contribution in [1.82, 2.24) is 4.90 Å². The first-order valence-corrected chi connectivity index (χ1v) is 8.41. The van der Waals surface area contributed by atoms with E-state index in [4.69, 9.17) is 4.74 Å². The fraction of sp³-hybridized carbons (Fsp3) is 0.882. The summed E-state index contributed by atoms with van der Waals surface area (Å²) in [6, 6.07) is 0. The van der Waals surface area contributed by atoms with E-state index in [1.54, 1.807) is 0 Å². The Morgan fingerprint density at radius 3 is 2.62 bits per heavy atom. The number of carbonyl (C=O) groups excluding carboxylic acids is 2. The Balaban J connectivity index is 2.00. The highest BCUT2D eigenvalue weighted by atomic mass is 16.5. The van der Waals surface area contributed by atoms with Gasteiger partial charge in [-0.1, -0.05) is 26.7 Å². The number of hydrogen-bond acceptors (Lipinski definition) is 3. The maximum atomic E-state index is 12.9. The van der Waals surface area contributed by atoms with Gasteiger partial charge in [0.15, 0.2) is 0 Å². The molecule has 1 amide bonds. The van der Waals surface area contributed by atoms with Gasteiger partial charge in [0.2, 0.25) is 5.91 Å². The first-order valence-electron chi connectivity index (χ1n) is 8.41. The van der Waals surface area contributed by atoms with E-state index in [0.29, 0.717) is 13.2 Å². The molecule has 1 aliphatic carbocycles. The molecule has 2 fully saturated rings. The van der Waals surface area contributed by atoms with Crippen molar-refractivity contribution in [1.29, 1.82) is 0 Å². The summed E-state index contributed by atoms with van der Waals surface area (Å²) in [7, 11) is 0. The summed E-state index contributed by atoms with van der Waals surface area (Å²) >= 11 is 0. The average Bonchev–Trinajstić information content (AvgIpc) is 2.46. The van der Waals surface area contributed by atoms with Crippen LogP contribution in [0.15, 0.2) is 0 Å². The molecule has 1 aliphatic heterocycles. The molecule has 1 saturated heterocycles. The Kier molecular flexibility index (Phi) is 5.28. The minimum Gasteiger partial charge on any atom is -0.466 e.